The van der Waals surface area contributed by atoms with Crippen LogP contribution in [0.1, 0.15) is 6.92 Å². The molecule has 0 bridgehead atoms. The molecule has 0 unspecified atom stereocenters. The molecule has 1 aromatic rings. The van der Waals surface area contributed by atoms with E-state index in [4.69, 9.17) is 5.11 Å². The van der Waals surface area contributed by atoms with Gasteiger partial charge in [0.05, 0.1) is 11.5 Å². The molecule has 0 radical (unpaired) electrons. The topological polar surface area (TPSA) is 57.6 Å². The van der Waals surface area contributed by atoms with Crippen molar-refractivity contribution in [2.24, 2.45) is 0 Å². The van der Waals surface area contributed by atoms with Crippen molar-refractivity contribution in [3.63, 3.8) is 0 Å². The highest BCUT2D eigenvalue weighted by Gasteiger charge is 2.21. The Morgan fingerprint density at radius 3 is 2.33 bits per heavy atom. The second kappa shape index (κ2) is 5.25. The molecule has 1 aromatic carbocycles. The maximum atomic E-state index is 12.0. The summed E-state index contributed by atoms with van der Waals surface area (Å²) in [7, 11) is -3.44. The molecule has 0 amide bonds. The number of aliphatic hydroxyl groups is 1. The van der Waals surface area contributed by atoms with Gasteiger partial charge in [0.15, 0.2) is 0 Å². The van der Waals surface area contributed by atoms with Crippen LogP contribution in [0.2, 0.25) is 0 Å². The fourth-order valence-electron chi connectivity index (χ4n) is 1.30. The monoisotopic (exact) mass is 229 g/mol. The molecule has 1 rings (SSSR count). The zero-order chi connectivity index (χ0) is 11.3. The lowest BCUT2D eigenvalue weighted by atomic mass is 10.4. The summed E-state index contributed by atoms with van der Waals surface area (Å²) in [5.74, 6) is 0. The summed E-state index contributed by atoms with van der Waals surface area (Å²) >= 11 is 0. The Morgan fingerprint density at radius 1 is 1.27 bits per heavy atom. The van der Waals surface area contributed by atoms with Crippen LogP contribution in [-0.4, -0.2) is 37.5 Å². The van der Waals surface area contributed by atoms with E-state index in [0.717, 1.165) is 0 Å². The molecule has 15 heavy (non-hydrogen) atoms. The van der Waals surface area contributed by atoms with Gasteiger partial charge in [-0.15, -0.1) is 0 Å². The van der Waals surface area contributed by atoms with E-state index in [2.05, 4.69) is 0 Å². The SMILES string of the molecule is CCN(CCO)S(=O)(=O)c1ccccc1. The molecule has 0 fully saturated rings. The molecule has 5 heteroatoms. The summed E-state index contributed by atoms with van der Waals surface area (Å²) in [5, 5.41) is 8.77. The summed E-state index contributed by atoms with van der Waals surface area (Å²) in [6.07, 6.45) is 0. The van der Waals surface area contributed by atoms with Gasteiger partial charge in [-0.05, 0) is 12.1 Å². The van der Waals surface area contributed by atoms with E-state index in [1.54, 1.807) is 37.3 Å². The van der Waals surface area contributed by atoms with Crippen molar-refractivity contribution >= 4 is 10.0 Å². The van der Waals surface area contributed by atoms with Gasteiger partial charge in [0.25, 0.3) is 0 Å². The van der Waals surface area contributed by atoms with Crippen molar-refractivity contribution in [1.29, 1.82) is 0 Å². The number of sulfonamides is 1. The summed E-state index contributed by atoms with van der Waals surface area (Å²) in [5.41, 5.74) is 0. The van der Waals surface area contributed by atoms with E-state index < -0.39 is 10.0 Å². The molecule has 0 aliphatic heterocycles. The molecule has 0 spiro atoms. The molecule has 4 nitrogen and oxygen atoms in total. The first-order valence-corrected chi connectivity index (χ1v) is 6.23. The van der Waals surface area contributed by atoms with Crippen molar-refractivity contribution < 1.29 is 13.5 Å². The highest BCUT2D eigenvalue weighted by atomic mass is 32.2. The van der Waals surface area contributed by atoms with Crippen LogP contribution in [0.25, 0.3) is 0 Å². The minimum atomic E-state index is -3.44. The van der Waals surface area contributed by atoms with Crippen LogP contribution in [0.3, 0.4) is 0 Å². The van der Waals surface area contributed by atoms with Crippen molar-refractivity contribution in [3.05, 3.63) is 30.3 Å². The summed E-state index contributed by atoms with van der Waals surface area (Å²) in [6.45, 7) is 2.07. The number of likely N-dealkylation sites (N-methyl/N-ethyl adjacent to an activating group) is 1. The second-order valence-corrected chi connectivity index (χ2v) is 4.97. The summed E-state index contributed by atoms with van der Waals surface area (Å²) in [6, 6.07) is 8.23. The predicted molar refractivity (Wildman–Crippen MR) is 58.0 cm³/mol. The highest BCUT2D eigenvalue weighted by Crippen LogP contribution is 2.14. The predicted octanol–water partition coefficient (Wildman–Crippen LogP) is 0.690. The maximum Gasteiger partial charge on any atom is 0.243 e. The van der Waals surface area contributed by atoms with Gasteiger partial charge in [-0.2, -0.15) is 4.31 Å². The molecule has 0 saturated heterocycles. The third-order valence-electron chi connectivity index (χ3n) is 2.08. The van der Waals surface area contributed by atoms with Crippen LogP contribution < -0.4 is 0 Å². The first-order chi connectivity index (χ1) is 7.12. The number of benzene rings is 1. The molecule has 0 aliphatic carbocycles. The summed E-state index contributed by atoms with van der Waals surface area (Å²) in [4.78, 5) is 0.264. The first kappa shape index (κ1) is 12.2. The Morgan fingerprint density at radius 2 is 1.87 bits per heavy atom. The van der Waals surface area contributed by atoms with Crippen molar-refractivity contribution in [1.82, 2.24) is 4.31 Å². The normalized spacial score (nSPS) is 11.9. The van der Waals surface area contributed by atoms with Crippen LogP contribution in [0.4, 0.5) is 0 Å². The number of rotatable bonds is 5. The molecule has 84 valence electrons. The van der Waals surface area contributed by atoms with Crippen LogP contribution in [-0.2, 0) is 10.0 Å². The minimum absolute atomic E-state index is 0.133. The minimum Gasteiger partial charge on any atom is -0.395 e. The number of nitrogens with zero attached hydrogens (tertiary/aromatic N) is 1. The van der Waals surface area contributed by atoms with Gasteiger partial charge in [-0.1, -0.05) is 25.1 Å². The van der Waals surface area contributed by atoms with E-state index in [0.29, 0.717) is 6.54 Å². The van der Waals surface area contributed by atoms with E-state index in [1.165, 1.54) is 4.31 Å². The average Bonchev–Trinajstić information content (AvgIpc) is 2.27. The van der Waals surface area contributed by atoms with Crippen LogP contribution >= 0.6 is 0 Å². The van der Waals surface area contributed by atoms with Crippen molar-refractivity contribution in [2.75, 3.05) is 19.7 Å². The molecule has 0 aliphatic rings. The lowest BCUT2D eigenvalue weighted by Crippen LogP contribution is -2.33. The molecule has 0 atom stereocenters. The van der Waals surface area contributed by atoms with Gasteiger partial charge in [0, 0.05) is 13.1 Å². The molecular formula is C10H15NO3S. The second-order valence-electron chi connectivity index (χ2n) is 3.03. The fourth-order valence-corrected chi connectivity index (χ4v) is 2.76. The Kier molecular flexibility index (Phi) is 4.26. The molecule has 1 N–H and O–H groups in total. The van der Waals surface area contributed by atoms with Crippen LogP contribution in [0.15, 0.2) is 35.2 Å². The fraction of sp³-hybridized carbons (Fsp3) is 0.400. The molecule has 0 heterocycles. The van der Waals surface area contributed by atoms with Gasteiger partial charge in [0.2, 0.25) is 10.0 Å². The molecule has 0 aromatic heterocycles. The van der Waals surface area contributed by atoms with E-state index in [-0.39, 0.29) is 18.0 Å². The van der Waals surface area contributed by atoms with Gasteiger partial charge in [0.1, 0.15) is 0 Å². The van der Waals surface area contributed by atoms with Gasteiger partial charge < -0.3 is 5.11 Å². The van der Waals surface area contributed by atoms with E-state index >= 15 is 0 Å². The van der Waals surface area contributed by atoms with Gasteiger partial charge in [-0.3, -0.25) is 0 Å². The number of hydrogen-bond acceptors (Lipinski definition) is 3. The molecule has 0 saturated carbocycles. The largest absolute Gasteiger partial charge is 0.395 e. The van der Waals surface area contributed by atoms with E-state index in [9.17, 15) is 8.42 Å². The zero-order valence-corrected chi connectivity index (χ0v) is 9.44. The smallest absolute Gasteiger partial charge is 0.243 e. The Balaban J connectivity index is 3.01. The Labute approximate surface area is 90.2 Å². The zero-order valence-electron chi connectivity index (χ0n) is 8.63. The third kappa shape index (κ3) is 2.77. The van der Waals surface area contributed by atoms with Crippen molar-refractivity contribution in [3.8, 4) is 0 Å². The standard InChI is InChI=1S/C10H15NO3S/c1-2-11(8-9-12)15(13,14)10-6-4-3-5-7-10/h3-7,12H,2,8-9H2,1H3. The van der Waals surface area contributed by atoms with Crippen LogP contribution in [0.5, 0.6) is 0 Å². The lowest BCUT2D eigenvalue weighted by molar-refractivity contribution is 0.257. The van der Waals surface area contributed by atoms with E-state index in [1.807, 2.05) is 0 Å². The maximum absolute atomic E-state index is 12.0. The Bertz CT molecular complexity index is 388. The number of hydrogen-bond donors (Lipinski definition) is 1. The average molecular weight is 229 g/mol. The Hall–Kier alpha value is -0.910. The molecular weight excluding hydrogens is 214 g/mol. The number of aliphatic hydroxyl groups excluding tert-OH is 1. The third-order valence-corrected chi connectivity index (χ3v) is 4.07. The highest BCUT2D eigenvalue weighted by molar-refractivity contribution is 7.89. The van der Waals surface area contributed by atoms with Crippen LogP contribution in [0, 0.1) is 0 Å². The quantitative estimate of drug-likeness (QED) is 0.808. The lowest BCUT2D eigenvalue weighted by Gasteiger charge is -2.19. The van der Waals surface area contributed by atoms with Gasteiger partial charge in [-0.25, -0.2) is 8.42 Å². The first-order valence-electron chi connectivity index (χ1n) is 4.79. The van der Waals surface area contributed by atoms with Gasteiger partial charge >= 0.3 is 0 Å². The van der Waals surface area contributed by atoms with Crippen molar-refractivity contribution in [2.45, 2.75) is 11.8 Å². The summed E-state index contributed by atoms with van der Waals surface area (Å²) < 4.78 is 25.2.